The Bertz CT molecular complexity index is 292. The fourth-order valence-electron chi connectivity index (χ4n) is 0.634. The van der Waals surface area contributed by atoms with Crippen LogP contribution >= 0.6 is 11.6 Å². The zero-order chi connectivity index (χ0) is 8.97. The van der Waals surface area contributed by atoms with E-state index in [1.54, 1.807) is 6.07 Å². The molecular weight excluding hydrogens is 182 g/mol. The van der Waals surface area contributed by atoms with Crippen LogP contribution in [0.4, 0.5) is 4.79 Å². The number of amides is 1. The lowest BCUT2D eigenvalue weighted by atomic mass is 10.4. The van der Waals surface area contributed by atoms with E-state index in [4.69, 9.17) is 16.7 Å². The number of halogens is 1. The molecule has 6 heteroatoms. The lowest BCUT2D eigenvalue weighted by molar-refractivity contribution is 0.194. The minimum absolute atomic E-state index is 0.111. The Balaban J connectivity index is 2.57. The van der Waals surface area contributed by atoms with E-state index in [0.29, 0.717) is 5.69 Å². The van der Waals surface area contributed by atoms with E-state index >= 15 is 0 Å². The van der Waals surface area contributed by atoms with Crippen molar-refractivity contribution < 1.29 is 9.90 Å². The highest BCUT2D eigenvalue weighted by molar-refractivity contribution is 6.28. The van der Waals surface area contributed by atoms with Gasteiger partial charge in [-0.3, -0.25) is 0 Å². The van der Waals surface area contributed by atoms with Crippen LogP contribution in [0, 0.1) is 0 Å². The molecule has 0 saturated heterocycles. The molecule has 2 N–H and O–H groups in total. The van der Waals surface area contributed by atoms with E-state index in [2.05, 4.69) is 15.3 Å². The lowest BCUT2D eigenvalue weighted by Gasteiger charge is -1.99. The van der Waals surface area contributed by atoms with E-state index in [-0.39, 0.29) is 11.8 Å². The molecule has 0 spiro atoms. The van der Waals surface area contributed by atoms with Crippen molar-refractivity contribution >= 4 is 17.7 Å². The topological polar surface area (TPSA) is 75.1 Å². The number of nitrogens with one attached hydrogen (secondary N) is 1. The second-order valence-electron chi connectivity index (χ2n) is 1.98. The first-order valence-electron chi connectivity index (χ1n) is 3.12. The van der Waals surface area contributed by atoms with Gasteiger partial charge < -0.3 is 10.4 Å². The van der Waals surface area contributed by atoms with Gasteiger partial charge in [0.25, 0.3) is 0 Å². The third-order valence-electron chi connectivity index (χ3n) is 1.10. The molecule has 12 heavy (non-hydrogen) atoms. The maximum Gasteiger partial charge on any atom is 0.404 e. The van der Waals surface area contributed by atoms with E-state index in [1.165, 1.54) is 6.20 Å². The van der Waals surface area contributed by atoms with Gasteiger partial charge in [-0.25, -0.2) is 14.8 Å². The number of aromatic nitrogens is 2. The second kappa shape index (κ2) is 3.87. The smallest absolute Gasteiger partial charge is 0.404 e. The molecule has 5 nitrogen and oxygen atoms in total. The van der Waals surface area contributed by atoms with Crippen molar-refractivity contribution in [1.29, 1.82) is 0 Å². The van der Waals surface area contributed by atoms with Gasteiger partial charge in [0.2, 0.25) is 5.28 Å². The van der Waals surface area contributed by atoms with E-state index < -0.39 is 6.09 Å². The Hall–Kier alpha value is -1.36. The number of nitrogens with zero attached hydrogens (tertiary/aromatic N) is 2. The maximum atomic E-state index is 10.1. The average molecular weight is 188 g/mol. The molecule has 1 amide bonds. The molecule has 0 aliphatic rings. The molecule has 0 aliphatic carbocycles. The molecule has 0 saturated carbocycles. The third-order valence-corrected chi connectivity index (χ3v) is 1.29. The third kappa shape index (κ3) is 2.71. The van der Waals surface area contributed by atoms with Crippen molar-refractivity contribution in [2.75, 3.05) is 0 Å². The molecule has 1 aromatic heterocycles. The molecule has 1 rings (SSSR count). The lowest BCUT2D eigenvalue weighted by Crippen LogP contribution is -2.20. The van der Waals surface area contributed by atoms with Crippen molar-refractivity contribution in [3.8, 4) is 0 Å². The van der Waals surface area contributed by atoms with Crippen molar-refractivity contribution in [3.05, 3.63) is 23.2 Å². The monoisotopic (exact) mass is 187 g/mol. The van der Waals surface area contributed by atoms with Crippen LogP contribution < -0.4 is 5.32 Å². The highest BCUT2D eigenvalue weighted by Gasteiger charge is 1.98. The van der Waals surface area contributed by atoms with Gasteiger partial charge in [-0.2, -0.15) is 0 Å². The number of carbonyl (C=O) groups is 1. The zero-order valence-electron chi connectivity index (χ0n) is 5.99. The molecule has 1 aromatic rings. The molecule has 0 atom stereocenters. The standard InChI is InChI=1S/C6H6ClN3O2/c7-5-8-2-1-4(10-5)3-9-6(11)12/h1-2,9H,3H2,(H,11,12). The Kier molecular flexibility index (Phi) is 2.82. The van der Waals surface area contributed by atoms with Crippen LogP contribution in [-0.2, 0) is 6.54 Å². The minimum atomic E-state index is -1.09. The van der Waals surface area contributed by atoms with Crippen LogP contribution in [0.5, 0.6) is 0 Å². The Labute approximate surface area is 73.4 Å². The van der Waals surface area contributed by atoms with Gasteiger partial charge in [0.15, 0.2) is 0 Å². The predicted octanol–water partition coefficient (Wildman–Crippen LogP) is 0.898. The minimum Gasteiger partial charge on any atom is -0.465 e. The summed E-state index contributed by atoms with van der Waals surface area (Å²) in [6.45, 7) is 0.136. The van der Waals surface area contributed by atoms with Crippen LogP contribution in [-0.4, -0.2) is 21.2 Å². The Morgan fingerprint density at radius 3 is 3.08 bits per heavy atom. The van der Waals surface area contributed by atoms with Crippen LogP contribution in [0.25, 0.3) is 0 Å². The SMILES string of the molecule is O=C(O)NCc1ccnc(Cl)n1. The van der Waals surface area contributed by atoms with Crippen LogP contribution in [0.2, 0.25) is 5.28 Å². The Morgan fingerprint density at radius 2 is 2.50 bits per heavy atom. The zero-order valence-corrected chi connectivity index (χ0v) is 6.75. The first kappa shape index (κ1) is 8.73. The number of hydrogen-bond donors (Lipinski definition) is 2. The summed E-state index contributed by atoms with van der Waals surface area (Å²) in [7, 11) is 0. The molecule has 0 fully saturated rings. The molecule has 0 radical (unpaired) electrons. The summed E-state index contributed by atoms with van der Waals surface area (Å²) < 4.78 is 0. The fourth-order valence-corrected chi connectivity index (χ4v) is 0.799. The summed E-state index contributed by atoms with van der Waals surface area (Å²) in [6, 6.07) is 1.59. The molecule has 0 bridgehead atoms. The van der Waals surface area contributed by atoms with Crippen LogP contribution in [0.15, 0.2) is 12.3 Å². The molecular formula is C6H6ClN3O2. The first-order chi connectivity index (χ1) is 5.68. The molecule has 0 aliphatic heterocycles. The van der Waals surface area contributed by atoms with Gasteiger partial charge >= 0.3 is 6.09 Å². The summed E-state index contributed by atoms with van der Waals surface area (Å²) in [5, 5.41) is 10.5. The Morgan fingerprint density at radius 1 is 1.75 bits per heavy atom. The second-order valence-corrected chi connectivity index (χ2v) is 2.31. The molecule has 64 valence electrons. The summed E-state index contributed by atoms with van der Waals surface area (Å²) in [5.74, 6) is 0. The first-order valence-corrected chi connectivity index (χ1v) is 3.50. The van der Waals surface area contributed by atoms with Gasteiger partial charge in [-0.05, 0) is 17.7 Å². The van der Waals surface area contributed by atoms with Crippen molar-refractivity contribution in [1.82, 2.24) is 15.3 Å². The van der Waals surface area contributed by atoms with Crippen molar-refractivity contribution in [2.24, 2.45) is 0 Å². The van der Waals surface area contributed by atoms with Gasteiger partial charge in [0.1, 0.15) is 0 Å². The summed E-state index contributed by atoms with van der Waals surface area (Å²) in [5.41, 5.74) is 0.539. The predicted molar refractivity (Wildman–Crippen MR) is 41.9 cm³/mol. The number of hydrogen-bond acceptors (Lipinski definition) is 3. The number of rotatable bonds is 2. The maximum absolute atomic E-state index is 10.1. The van der Waals surface area contributed by atoms with E-state index in [1.807, 2.05) is 0 Å². The quantitative estimate of drug-likeness (QED) is 0.675. The summed E-state index contributed by atoms with van der Waals surface area (Å²) >= 11 is 5.46. The van der Waals surface area contributed by atoms with Gasteiger partial charge in [0, 0.05) is 6.20 Å². The van der Waals surface area contributed by atoms with Crippen molar-refractivity contribution in [2.45, 2.75) is 6.54 Å². The van der Waals surface area contributed by atoms with Gasteiger partial charge in [0.05, 0.1) is 12.2 Å². The van der Waals surface area contributed by atoms with Crippen molar-refractivity contribution in [3.63, 3.8) is 0 Å². The summed E-state index contributed by atoms with van der Waals surface area (Å²) in [4.78, 5) is 17.5. The molecule has 1 heterocycles. The van der Waals surface area contributed by atoms with Gasteiger partial charge in [-0.1, -0.05) is 0 Å². The highest BCUT2D eigenvalue weighted by Crippen LogP contribution is 1.99. The van der Waals surface area contributed by atoms with E-state index in [0.717, 1.165) is 0 Å². The summed E-state index contributed by atoms with van der Waals surface area (Å²) in [6.07, 6.45) is 0.374. The largest absolute Gasteiger partial charge is 0.465 e. The average Bonchev–Trinajstić information content (AvgIpc) is 2.01. The number of carboxylic acid groups (broad SMARTS) is 1. The van der Waals surface area contributed by atoms with E-state index in [9.17, 15) is 4.79 Å². The van der Waals surface area contributed by atoms with Gasteiger partial charge in [-0.15, -0.1) is 0 Å². The van der Waals surface area contributed by atoms with Crippen LogP contribution in [0.3, 0.4) is 0 Å². The highest BCUT2D eigenvalue weighted by atomic mass is 35.5. The molecule has 0 unspecified atom stereocenters. The molecule has 0 aromatic carbocycles. The van der Waals surface area contributed by atoms with Crippen LogP contribution in [0.1, 0.15) is 5.69 Å². The fraction of sp³-hybridized carbons (Fsp3) is 0.167. The normalized spacial score (nSPS) is 9.42.